The molecule has 0 saturated heterocycles. The van der Waals surface area contributed by atoms with Gasteiger partial charge >= 0.3 is 0 Å². The van der Waals surface area contributed by atoms with E-state index in [0.717, 1.165) is 23.3 Å². The molecule has 0 unspecified atom stereocenters. The molecular formula is C21H27NO5. The van der Waals surface area contributed by atoms with E-state index in [0.29, 0.717) is 22.8 Å². The summed E-state index contributed by atoms with van der Waals surface area (Å²) in [6.45, 7) is 4.01. The van der Waals surface area contributed by atoms with Crippen LogP contribution in [0.4, 0.5) is 0 Å². The lowest BCUT2D eigenvalue weighted by molar-refractivity contribution is 0.0934. The molecule has 0 saturated carbocycles. The largest absolute Gasteiger partial charge is 0.496 e. The molecule has 2 rings (SSSR count). The summed E-state index contributed by atoms with van der Waals surface area (Å²) in [5, 5.41) is 3.07. The fourth-order valence-electron chi connectivity index (χ4n) is 2.99. The zero-order chi connectivity index (χ0) is 20.0. The summed E-state index contributed by atoms with van der Waals surface area (Å²) in [5.41, 5.74) is 2.49. The van der Waals surface area contributed by atoms with Crippen molar-refractivity contribution in [2.24, 2.45) is 0 Å². The topological polar surface area (TPSA) is 66.0 Å². The number of carbonyl (C=O) groups is 1. The van der Waals surface area contributed by atoms with Crippen LogP contribution in [0.1, 0.15) is 40.9 Å². The van der Waals surface area contributed by atoms with Gasteiger partial charge in [-0.15, -0.1) is 0 Å². The van der Waals surface area contributed by atoms with Crippen LogP contribution in [0.15, 0.2) is 30.3 Å². The molecule has 0 aliphatic heterocycles. The Morgan fingerprint density at radius 2 is 1.52 bits per heavy atom. The van der Waals surface area contributed by atoms with Crippen LogP contribution in [0, 0.1) is 6.92 Å². The van der Waals surface area contributed by atoms with Crippen LogP contribution >= 0.6 is 0 Å². The second kappa shape index (κ2) is 9.16. The van der Waals surface area contributed by atoms with E-state index in [-0.39, 0.29) is 11.9 Å². The second-order valence-corrected chi connectivity index (χ2v) is 6.08. The average molecular weight is 373 g/mol. The van der Waals surface area contributed by atoms with Crippen molar-refractivity contribution >= 4 is 5.91 Å². The number of rotatable bonds is 8. The van der Waals surface area contributed by atoms with Gasteiger partial charge < -0.3 is 24.3 Å². The molecule has 2 aromatic rings. The van der Waals surface area contributed by atoms with Crippen molar-refractivity contribution in [2.75, 3.05) is 28.4 Å². The van der Waals surface area contributed by atoms with Crippen molar-refractivity contribution < 1.29 is 23.7 Å². The number of hydrogen-bond acceptors (Lipinski definition) is 5. The SMILES string of the molecule is CC[C@@H](NC(=O)c1cc(OC)c(OC)c(OC)c1)c1ccc(OC)c(C)c1. The van der Waals surface area contributed by atoms with Gasteiger partial charge in [0.25, 0.3) is 5.91 Å². The summed E-state index contributed by atoms with van der Waals surface area (Å²) in [4.78, 5) is 12.8. The summed E-state index contributed by atoms with van der Waals surface area (Å²) in [7, 11) is 6.21. The number of carbonyl (C=O) groups excluding carboxylic acids is 1. The minimum atomic E-state index is -0.213. The average Bonchev–Trinajstić information content (AvgIpc) is 2.70. The minimum Gasteiger partial charge on any atom is -0.496 e. The van der Waals surface area contributed by atoms with Crippen LogP contribution in [0.3, 0.4) is 0 Å². The maximum Gasteiger partial charge on any atom is 0.252 e. The van der Waals surface area contributed by atoms with Gasteiger partial charge in [0.1, 0.15) is 5.75 Å². The molecule has 2 aromatic carbocycles. The molecule has 0 radical (unpaired) electrons. The molecule has 0 bridgehead atoms. The lowest BCUT2D eigenvalue weighted by atomic mass is 10.0. The van der Waals surface area contributed by atoms with Gasteiger partial charge in [0, 0.05) is 5.56 Å². The summed E-state index contributed by atoms with van der Waals surface area (Å²) in [6, 6.07) is 9.07. The van der Waals surface area contributed by atoms with E-state index in [2.05, 4.69) is 5.32 Å². The minimum absolute atomic E-state index is 0.124. The Labute approximate surface area is 160 Å². The molecule has 0 fully saturated rings. The first-order chi connectivity index (χ1) is 13.0. The van der Waals surface area contributed by atoms with Crippen molar-refractivity contribution in [1.82, 2.24) is 5.32 Å². The zero-order valence-electron chi connectivity index (χ0n) is 16.7. The van der Waals surface area contributed by atoms with Gasteiger partial charge in [-0.2, -0.15) is 0 Å². The van der Waals surface area contributed by atoms with Crippen molar-refractivity contribution in [3.8, 4) is 23.0 Å². The number of amides is 1. The predicted octanol–water partition coefficient (Wildman–Crippen LogP) is 3.91. The first-order valence-electron chi connectivity index (χ1n) is 8.74. The molecular weight excluding hydrogens is 346 g/mol. The standard InChI is InChI=1S/C21H27NO5/c1-7-16(14-8-9-17(24-3)13(2)10-14)22-21(23)15-11-18(25-4)20(27-6)19(12-15)26-5/h8-12,16H,7H2,1-6H3,(H,22,23)/t16-/m1/s1. The molecule has 27 heavy (non-hydrogen) atoms. The van der Waals surface area contributed by atoms with Crippen LogP contribution in [-0.2, 0) is 0 Å². The maximum absolute atomic E-state index is 12.8. The highest BCUT2D eigenvalue weighted by Crippen LogP contribution is 2.38. The fraction of sp³-hybridized carbons (Fsp3) is 0.381. The summed E-state index contributed by atoms with van der Waals surface area (Å²) >= 11 is 0. The molecule has 6 heteroatoms. The highest BCUT2D eigenvalue weighted by molar-refractivity contribution is 5.96. The molecule has 0 aliphatic carbocycles. The quantitative estimate of drug-likeness (QED) is 0.760. The molecule has 0 spiro atoms. The van der Waals surface area contributed by atoms with E-state index in [9.17, 15) is 4.79 Å². The van der Waals surface area contributed by atoms with Crippen molar-refractivity contribution in [1.29, 1.82) is 0 Å². The maximum atomic E-state index is 12.8. The molecule has 0 aromatic heterocycles. The Bertz CT molecular complexity index is 778. The second-order valence-electron chi connectivity index (χ2n) is 6.08. The van der Waals surface area contributed by atoms with E-state index >= 15 is 0 Å². The van der Waals surface area contributed by atoms with E-state index in [1.807, 2.05) is 32.0 Å². The van der Waals surface area contributed by atoms with Crippen LogP contribution < -0.4 is 24.3 Å². The number of benzene rings is 2. The third kappa shape index (κ3) is 4.45. The first kappa shape index (κ1) is 20.4. The Morgan fingerprint density at radius 3 is 1.96 bits per heavy atom. The fourth-order valence-corrected chi connectivity index (χ4v) is 2.99. The van der Waals surface area contributed by atoms with Gasteiger partial charge in [-0.3, -0.25) is 4.79 Å². The molecule has 1 atom stereocenters. The lowest BCUT2D eigenvalue weighted by Crippen LogP contribution is -2.28. The number of methoxy groups -OCH3 is 4. The Balaban J connectivity index is 2.30. The van der Waals surface area contributed by atoms with Crippen molar-refractivity contribution in [3.05, 3.63) is 47.0 Å². The van der Waals surface area contributed by atoms with Crippen LogP contribution in [0.2, 0.25) is 0 Å². The van der Waals surface area contributed by atoms with Crippen molar-refractivity contribution in [3.63, 3.8) is 0 Å². The number of ether oxygens (including phenoxy) is 4. The Hall–Kier alpha value is -2.89. The van der Waals surface area contributed by atoms with E-state index in [1.165, 1.54) is 21.3 Å². The third-order valence-corrected chi connectivity index (χ3v) is 4.46. The Morgan fingerprint density at radius 1 is 0.926 bits per heavy atom. The van der Waals surface area contributed by atoms with Gasteiger partial charge in [0.2, 0.25) is 5.75 Å². The molecule has 1 N–H and O–H groups in total. The molecule has 0 heterocycles. The molecule has 0 aliphatic rings. The molecule has 146 valence electrons. The first-order valence-corrected chi connectivity index (χ1v) is 8.74. The number of aryl methyl sites for hydroxylation is 1. The van der Waals surface area contributed by atoms with Gasteiger partial charge in [0.05, 0.1) is 34.5 Å². The normalized spacial score (nSPS) is 11.5. The summed E-state index contributed by atoms with van der Waals surface area (Å²) in [5.74, 6) is 1.94. The summed E-state index contributed by atoms with van der Waals surface area (Å²) < 4.78 is 21.3. The zero-order valence-corrected chi connectivity index (χ0v) is 16.7. The smallest absolute Gasteiger partial charge is 0.252 e. The highest BCUT2D eigenvalue weighted by atomic mass is 16.5. The predicted molar refractivity (Wildman–Crippen MR) is 104 cm³/mol. The van der Waals surface area contributed by atoms with Gasteiger partial charge in [0.15, 0.2) is 11.5 Å². The molecule has 6 nitrogen and oxygen atoms in total. The summed E-state index contributed by atoms with van der Waals surface area (Å²) in [6.07, 6.45) is 0.752. The van der Waals surface area contributed by atoms with E-state index < -0.39 is 0 Å². The van der Waals surface area contributed by atoms with E-state index in [4.69, 9.17) is 18.9 Å². The van der Waals surface area contributed by atoms with Gasteiger partial charge in [-0.25, -0.2) is 0 Å². The lowest BCUT2D eigenvalue weighted by Gasteiger charge is -2.20. The van der Waals surface area contributed by atoms with Crippen LogP contribution in [-0.4, -0.2) is 34.3 Å². The van der Waals surface area contributed by atoms with Crippen molar-refractivity contribution in [2.45, 2.75) is 26.3 Å². The third-order valence-electron chi connectivity index (χ3n) is 4.46. The monoisotopic (exact) mass is 373 g/mol. The van der Waals surface area contributed by atoms with Gasteiger partial charge in [-0.1, -0.05) is 19.1 Å². The van der Waals surface area contributed by atoms with Crippen LogP contribution in [0.5, 0.6) is 23.0 Å². The van der Waals surface area contributed by atoms with Crippen LogP contribution in [0.25, 0.3) is 0 Å². The number of hydrogen-bond donors (Lipinski definition) is 1. The molecule has 1 amide bonds. The Kier molecular flexibility index (Phi) is 6.93. The number of nitrogens with one attached hydrogen (secondary N) is 1. The van der Waals surface area contributed by atoms with Gasteiger partial charge in [-0.05, 0) is 42.7 Å². The van der Waals surface area contributed by atoms with E-state index in [1.54, 1.807) is 19.2 Å². The highest BCUT2D eigenvalue weighted by Gasteiger charge is 2.20.